The van der Waals surface area contributed by atoms with Crippen LogP contribution in [-0.4, -0.2) is 71.4 Å². The lowest BCUT2D eigenvalue weighted by atomic mass is 9.60. The minimum atomic E-state index is -4.85. The molecular weight excluding hydrogens is 499 g/mol. The fourth-order valence-corrected chi connectivity index (χ4v) is 5.65. The van der Waals surface area contributed by atoms with Crippen LogP contribution in [0.3, 0.4) is 0 Å². The number of likely N-dealkylation sites (tertiary alicyclic amines) is 1. The number of carbonyl (C=O) groups is 2. The molecule has 3 aromatic rings. The minimum Gasteiger partial charge on any atom is -0.495 e. The van der Waals surface area contributed by atoms with E-state index in [-0.39, 0.29) is 28.8 Å². The van der Waals surface area contributed by atoms with Crippen LogP contribution in [0.4, 0.5) is 23.7 Å². The zero-order chi connectivity index (χ0) is 25.7. The zero-order valence-corrected chi connectivity index (χ0v) is 20.2. The maximum atomic E-state index is 12.9. The number of nitrogens with one attached hydrogen (secondary N) is 1. The number of urea groups is 1. The van der Waals surface area contributed by atoms with Crippen molar-refractivity contribution in [3.63, 3.8) is 0 Å². The Kier molecular flexibility index (Phi) is 5.89. The minimum absolute atomic E-state index is 0.0470. The number of halogens is 3. The topological polar surface area (TPSA) is 96.9 Å². The monoisotopic (exact) mass is 521 g/mol. The average molecular weight is 522 g/mol. The third-order valence-electron chi connectivity index (χ3n) is 6.64. The SMILES string of the molecule is COc1ccc(OC(F)(F)F)cc1NC(=O)N(C)C1CC2(C1)CN(C(=O)c1ncnc3ccsc13)C2. The molecular formula is C23H22F3N5O4S. The van der Waals surface area contributed by atoms with Gasteiger partial charge in [0.1, 0.15) is 23.5 Å². The summed E-state index contributed by atoms with van der Waals surface area (Å²) in [7, 11) is 2.98. The van der Waals surface area contributed by atoms with Gasteiger partial charge in [-0.25, -0.2) is 14.8 Å². The molecule has 36 heavy (non-hydrogen) atoms. The molecule has 1 spiro atoms. The van der Waals surface area contributed by atoms with E-state index >= 15 is 0 Å². The predicted molar refractivity (Wildman–Crippen MR) is 125 cm³/mol. The number of carbonyl (C=O) groups excluding carboxylic acids is 2. The average Bonchev–Trinajstić information content (AvgIpc) is 3.25. The smallest absolute Gasteiger partial charge is 0.495 e. The van der Waals surface area contributed by atoms with Gasteiger partial charge in [-0.3, -0.25) is 4.79 Å². The Morgan fingerprint density at radius 1 is 1.22 bits per heavy atom. The van der Waals surface area contributed by atoms with Crippen molar-refractivity contribution in [1.82, 2.24) is 19.8 Å². The highest BCUT2D eigenvalue weighted by atomic mass is 32.1. The summed E-state index contributed by atoms with van der Waals surface area (Å²) < 4.78 is 47.5. The summed E-state index contributed by atoms with van der Waals surface area (Å²) in [6.07, 6.45) is -2.03. The summed E-state index contributed by atoms with van der Waals surface area (Å²) in [5, 5.41) is 4.48. The molecule has 0 radical (unpaired) electrons. The van der Waals surface area contributed by atoms with Crippen LogP contribution >= 0.6 is 11.3 Å². The van der Waals surface area contributed by atoms with Crippen molar-refractivity contribution in [2.75, 3.05) is 32.6 Å². The lowest BCUT2D eigenvalue weighted by molar-refractivity contribution is -0.274. The van der Waals surface area contributed by atoms with Gasteiger partial charge in [0.05, 0.1) is 23.0 Å². The number of alkyl halides is 3. The highest BCUT2D eigenvalue weighted by Crippen LogP contribution is 2.50. The number of ether oxygens (including phenoxy) is 2. The van der Waals surface area contributed by atoms with Crippen molar-refractivity contribution >= 4 is 39.2 Å². The number of methoxy groups -OCH3 is 1. The van der Waals surface area contributed by atoms with E-state index in [9.17, 15) is 22.8 Å². The maximum Gasteiger partial charge on any atom is 0.573 e. The summed E-state index contributed by atoms with van der Waals surface area (Å²) >= 11 is 1.43. The molecule has 1 aliphatic carbocycles. The van der Waals surface area contributed by atoms with Gasteiger partial charge >= 0.3 is 12.4 Å². The van der Waals surface area contributed by atoms with Gasteiger partial charge in [-0.1, -0.05) is 0 Å². The molecule has 2 aromatic heterocycles. The third-order valence-corrected chi connectivity index (χ3v) is 7.55. The van der Waals surface area contributed by atoms with E-state index in [4.69, 9.17) is 4.74 Å². The Hall–Kier alpha value is -3.61. The van der Waals surface area contributed by atoms with Gasteiger partial charge in [-0.05, 0) is 36.4 Å². The van der Waals surface area contributed by atoms with E-state index < -0.39 is 18.1 Å². The Morgan fingerprint density at radius 3 is 2.67 bits per heavy atom. The fourth-order valence-electron chi connectivity index (χ4n) is 4.82. The predicted octanol–water partition coefficient (Wildman–Crippen LogP) is 4.37. The molecule has 0 unspecified atom stereocenters. The number of anilines is 1. The number of nitrogens with zero attached hydrogens (tertiary/aromatic N) is 4. The molecule has 1 N–H and O–H groups in total. The van der Waals surface area contributed by atoms with Crippen LogP contribution < -0.4 is 14.8 Å². The van der Waals surface area contributed by atoms with Gasteiger partial charge < -0.3 is 24.6 Å². The molecule has 2 fully saturated rings. The first kappa shape index (κ1) is 24.1. The summed E-state index contributed by atoms with van der Waals surface area (Å²) in [4.78, 5) is 37.4. The van der Waals surface area contributed by atoms with Crippen LogP contribution in [0.25, 0.3) is 10.2 Å². The molecule has 3 heterocycles. The Balaban J connectivity index is 1.17. The molecule has 1 aliphatic heterocycles. The second kappa shape index (κ2) is 8.80. The Labute approximate surface area is 207 Å². The molecule has 0 atom stereocenters. The van der Waals surface area contributed by atoms with E-state index in [1.807, 2.05) is 11.4 Å². The van der Waals surface area contributed by atoms with Crippen molar-refractivity contribution in [2.24, 2.45) is 5.41 Å². The first-order valence-electron chi connectivity index (χ1n) is 11.0. The molecule has 3 amide bonds. The van der Waals surface area contributed by atoms with Gasteiger partial charge in [-0.15, -0.1) is 24.5 Å². The maximum absolute atomic E-state index is 12.9. The Morgan fingerprint density at radius 2 is 1.97 bits per heavy atom. The molecule has 0 bridgehead atoms. The van der Waals surface area contributed by atoms with Crippen molar-refractivity contribution < 1.29 is 32.2 Å². The standard InChI is InChI=1S/C23H22F3N5O4S/c1-30(21(33)29-16-7-14(35-23(24,25)26)3-4-17(16)34-2)13-8-22(9-13)10-31(11-22)20(32)18-19-15(5-6-36-19)27-12-28-18/h3-7,12-13H,8-11H2,1-2H3,(H,29,33). The van der Waals surface area contributed by atoms with E-state index in [1.54, 1.807) is 11.9 Å². The van der Waals surface area contributed by atoms with Crippen LogP contribution in [0.5, 0.6) is 11.5 Å². The number of aromatic nitrogens is 2. The summed E-state index contributed by atoms with van der Waals surface area (Å²) in [6, 6.07) is 4.76. The normalized spacial score (nSPS) is 16.9. The van der Waals surface area contributed by atoms with Gasteiger partial charge in [0.2, 0.25) is 0 Å². The number of benzene rings is 1. The number of thiophene rings is 1. The van der Waals surface area contributed by atoms with Gasteiger partial charge in [0, 0.05) is 37.7 Å². The summed E-state index contributed by atoms with van der Waals surface area (Å²) in [5.74, 6) is -0.390. The van der Waals surface area contributed by atoms with Crippen LogP contribution in [0, 0.1) is 5.41 Å². The molecule has 1 aromatic carbocycles. The lowest BCUT2D eigenvalue weighted by Crippen LogP contribution is -2.67. The van der Waals surface area contributed by atoms with E-state index in [2.05, 4.69) is 20.0 Å². The lowest BCUT2D eigenvalue weighted by Gasteiger charge is -2.60. The van der Waals surface area contributed by atoms with E-state index in [0.717, 1.165) is 22.3 Å². The first-order valence-corrected chi connectivity index (χ1v) is 11.9. The highest BCUT2D eigenvalue weighted by Gasteiger charge is 2.55. The quantitative estimate of drug-likeness (QED) is 0.536. The van der Waals surface area contributed by atoms with Crippen molar-refractivity contribution in [2.45, 2.75) is 25.2 Å². The largest absolute Gasteiger partial charge is 0.573 e. The molecule has 190 valence electrons. The number of rotatable bonds is 5. The number of hydrogen-bond acceptors (Lipinski definition) is 7. The Bertz CT molecular complexity index is 1320. The number of hydrogen-bond donors (Lipinski definition) is 1. The van der Waals surface area contributed by atoms with E-state index in [1.165, 1.54) is 35.7 Å². The van der Waals surface area contributed by atoms with Crippen molar-refractivity contribution in [1.29, 1.82) is 0 Å². The molecule has 13 heteroatoms. The second-order valence-corrected chi connectivity index (χ2v) is 9.95. The van der Waals surface area contributed by atoms with Crippen molar-refractivity contribution in [3.05, 3.63) is 41.7 Å². The highest BCUT2D eigenvalue weighted by molar-refractivity contribution is 7.17. The van der Waals surface area contributed by atoms with E-state index in [0.29, 0.717) is 31.6 Å². The molecule has 1 saturated carbocycles. The van der Waals surface area contributed by atoms with Crippen LogP contribution in [0.2, 0.25) is 0 Å². The summed E-state index contributed by atoms with van der Waals surface area (Å²) in [5.41, 5.74) is 1.17. The first-order chi connectivity index (χ1) is 17.1. The van der Waals surface area contributed by atoms with Gasteiger partial charge in [0.15, 0.2) is 0 Å². The fraction of sp³-hybridized carbons (Fsp3) is 0.391. The zero-order valence-electron chi connectivity index (χ0n) is 19.3. The van der Waals surface area contributed by atoms with Crippen LogP contribution in [0.1, 0.15) is 23.3 Å². The van der Waals surface area contributed by atoms with Crippen LogP contribution in [0.15, 0.2) is 36.0 Å². The number of amides is 3. The summed E-state index contributed by atoms with van der Waals surface area (Å²) in [6.45, 7) is 1.17. The number of fused-ring (bicyclic) bond motifs is 1. The molecule has 2 aliphatic rings. The molecule has 9 nitrogen and oxygen atoms in total. The third kappa shape index (κ3) is 4.50. The van der Waals surface area contributed by atoms with Gasteiger partial charge in [-0.2, -0.15) is 0 Å². The second-order valence-electron chi connectivity index (χ2n) is 9.03. The molecule has 5 rings (SSSR count). The van der Waals surface area contributed by atoms with Crippen molar-refractivity contribution in [3.8, 4) is 11.5 Å². The molecule has 1 saturated heterocycles. The van der Waals surface area contributed by atoms with Gasteiger partial charge in [0.25, 0.3) is 5.91 Å². The van der Waals surface area contributed by atoms with Crippen LogP contribution in [-0.2, 0) is 0 Å².